The molecule has 0 radical (unpaired) electrons. The van der Waals surface area contributed by atoms with E-state index >= 15 is 0 Å². The quantitative estimate of drug-likeness (QED) is 0.781. The second kappa shape index (κ2) is 5.37. The van der Waals surface area contributed by atoms with Crippen LogP contribution in [0.1, 0.15) is 19.3 Å². The van der Waals surface area contributed by atoms with Gasteiger partial charge in [-0.15, -0.1) is 23.2 Å². The summed E-state index contributed by atoms with van der Waals surface area (Å²) in [5.41, 5.74) is -0.846. The molecule has 1 rings (SSSR count). The van der Waals surface area contributed by atoms with E-state index in [-0.39, 0.29) is 17.7 Å². The van der Waals surface area contributed by atoms with Gasteiger partial charge in [-0.3, -0.25) is 0 Å². The molecule has 15 heavy (non-hydrogen) atoms. The molecule has 1 aliphatic carbocycles. The van der Waals surface area contributed by atoms with Gasteiger partial charge in [-0.05, 0) is 31.1 Å². The summed E-state index contributed by atoms with van der Waals surface area (Å²) < 4.78 is -1.29. The number of rotatable bonds is 3. The highest BCUT2D eigenvalue weighted by Gasteiger charge is 2.45. The Bertz CT molecular complexity index is 217. The van der Waals surface area contributed by atoms with Crippen LogP contribution in [-0.2, 0) is 0 Å². The smallest absolute Gasteiger partial charge is 0.190 e. The van der Waals surface area contributed by atoms with Crippen molar-refractivity contribution in [1.82, 2.24) is 0 Å². The Morgan fingerprint density at radius 1 is 1.13 bits per heavy atom. The molecule has 1 N–H and O–H groups in total. The normalized spacial score (nSPS) is 37.2. The van der Waals surface area contributed by atoms with Crippen molar-refractivity contribution in [1.29, 1.82) is 0 Å². The maximum atomic E-state index is 10.0. The third kappa shape index (κ3) is 4.29. The van der Waals surface area contributed by atoms with E-state index in [0.29, 0.717) is 25.1 Å². The Morgan fingerprint density at radius 2 is 1.67 bits per heavy atom. The van der Waals surface area contributed by atoms with E-state index in [2.05, 4.69) is 0 Å². The summed E-state index contributed by atoms with van der Waals surface area (Å²) in [5.74, 6) is 0.964. The Hall–Kier alpha value is 1.41. The molecular weight excluding hydrogens is 301 g/mol. The molecule has 0 heterocycles. The molecule has 6 heteroatoms. The Kier molecular flexibility index (Phi) is 5.18. The summed E-state index contributed by atoms with van der Waals surface area (Å²) in [6.45, 7) is 0. The standard InChI is InChI=1S/C9H13Cl5O/c10-4-7-2-8(15,5-11)1-6(7)3-9(12,13)14/h6-7,15H,1-5H2/t6-,7+,8+/m1/s1. The summed E-state index contributed by atoms with van der Waals surface area (Å²) >= 11 is 28.8. The van der Waals surface area contributed by atoms with Gasteiger partial charge in [-0.1, -0.05) is 34.8 Å². The average molecular weight is 314 g/mol. The molecule has 1 saturated carbocycles. The van der Waals surface area contributed by atoms with Crippen molar-refractivity contribution in [3.63, 3.8) is 0 Å². The lowest BCUT2D eigenvalue weighted by atomic mass is 9.95. The minimum absolute atomic E-state index is 0.124. The van der Waals surface area contributed by atoms with Gasteiger partial charge in [0.2, 0.25) is 0 Å². The summed E-state index contributed by atoms with van der Waals surface area (Å²) in [4.78, 5) is 0. The van der Waals surface area contributed by atoms with Gasteiger partial charge in [-0.25, -0.2) is 0 Å². The largest absolute Gasteiger partial charge is 0.389 e. The number of halogens is 5. The molecule has 0 aromatic heterocycles. The van der Waals surface area contributed by atoms with E-state index in [1.165, 1.54) is 0 Å². The monoisotopic (exact) mass is 312 g/mol. The first-order chi connectivity index (χ1) is 6.79. The predicted octanol–water partition coefficient (Wildman–Crippen LogP) is 3.98. The van der Waals surface area contributed by atoms with Crippen LogP contribution in [0, 0.1) is 11.8 Å². The van der Waals surface area contributed by atoms with Crippen LogP contribution >= 0.6 is 58.0 Å². The van der Waals surface area contributed by atoms with Crippen LogP contribution in [0.5, 0.6) is 0 Å². The van der Waals surface area contributed by atoms with Crippen molar-refractivity contribution in [3.05, 3.63) is 0 Å². The molecule has 1 fully saturated rings. The molecule has 0 unspecified atom stereocenters. The average Bonchev–Trinajstić information content (AvgIpc) is 2.41. The summed E-state index contributed by atoms with van der Waals surface area (Å²) in [6, 6.07) is 0. The number of hydrogen-bond acceptors (Lipinski definition) is 1. The molecule has 0 aromatic carbocycles. The fourth-order valence-electron chi connectivity index (χ4n) is 2.22. The van der Waals surface area contributed by atoms with Gasteiger partial charge in [0.25, 0.3) is 0 Å². The Labute approximate surface area is 115 Å². The van der Waals surface area contributed by atoms with Gasteiger partial charge in [0.1, 0.15) is 0 Å². The lowest BCUT2D eigenvalue weighted by molar-refractivity contribution is 0.0649. The highest BCUT2D eigenvalue weighted by Crippen LogP contribution is 2.47. The first kappa shape index (κ1) is 14.5. The molecule has 1 aliphatic rings. The molecule has 0 saturated heterocycles. The van der Waals surface area contributed by atoms with Crippen LogP contribution in [0.15, 0.2) is 0 Å². The molecule has 3 atom stereocenters. The van der Waals surface area contributed by atoms with Crippen molar-refractivity contribution in [3.8, 4) is 0 Å². The van der Waals surface area contributed by atoms with Gasteiger partial charge in [0, 0.05) is 5.88 Å². The maximum absolute atomic E-state index is 10.0. The number of aliphatic hydroxyl groups is 1. The van der Waals surface area contributed by atoms with E-state index < -0.39 is 9.39 Å². The molecule has 90 valence electrons. The lowest BCUT2D eigenvalue weighted by Crippen LogP contribution is -2.27. The van der Waals surface area contributed by atoms with Gasteiger partial charge < -0.3 is 5.11 Å². The fraction of sp³-hybridized carbons (Fsp3) is 1.00. The highest BCUT2D eigenvalue weighted by molar-refractivity contribution is 6.67. The Balaban J connectivity index is 2.64. The molecule has 0 amide bonds. The first-order valence-electron chi connectivity index (χ1n) is 4.71. The topological polar surface area (TPSA) is 20.2 Å². The third-order valence-electron chi connectivity index (χ3n) is 2.89. The minimum Gasteiger partial charge on any atom is -0.389 e. The van der Waals surface area contributed by atoms with Crippen LogP contribution in [0.2, 0.25) is 0 Å². The van der Waals surface area contributed by atoms with E-state index in [1.807, 2.05) is 0 Å². The van der Waals surface area contributed by atoms with E-state index in [4.69, 9.17) is 58.0 Å². The van der Waals surface area contributed by atoms with Crippen LogP contribution < -0.4 is 0 Å². The van der Waals surface area contributed by atoms with Gasteiger partial charge in [0.15, 0.2) is 3.79 Å². The van der Waals surface area contributed by atoms with E-state index in [0.717, 1.165) is 0 Å². The highest BCUT2D eigenvalue weighted by atomic mass is 35.6. The predicted molar refractivity (Wildman–Crippen MR) is 67.5 cm³/mol. The van der Waals surface area contributed by atoms with Gasteiger partial charge >= 0.3 is 0 Å². The van der Waals surface area contributed by atoms with Crippen LogP contribution in [0.3, 0.4) is 0 Å². The third-order valence-corrected chi connectivity index (χ3v) is 4.25. The SMILES string of the molecule is O[C@]1(CCl)C[C@@H](CCl)[C@@H](CC(Cl)(Cl)Cl)C1. The summed E-state index contributed by atoms with van der Waals surface area (Å²) in [5, 5.41) is 10.0. The van der Waals surface area contributed by atoms with Crippen molar-refractivity contribution in [2.75, 3.05) is 11.8 Å². The van der Waals surface area contributed by atoms with Gasteiger partial charge in [-0.2, -0.15) is 0 Å². The van der Waals surface area contributed by atoms with Crippen molar-refractivity contribution < 1.29 is 5.11 Å². The van der Waals surface area contributed by atoms with Gasteiger partial charge in [0.05, 0.1) is 11.5 Å². The maximum Gasteiger partial charge on any atom is 0.190 e. The fourth-order valence-corrected chi connectivity index (χ4v) is 3.39. The molecule has 0 aliphatic heterocycles. The zero-order chi connectivity index (χ0) is 11.7. The summed E-state index contributed by atoms with van der Waals surface area (Å²) in [6.07, 6.45) is 1.56. The van der Waals surface area contributed by atoms with E-state index in [1.54, 1.807) is 0 Å². The van der Waals surface area contributed by atoms with Crippen molar-refractivity contribution in [2.45, 2.75) is 28.7 Å². The first-order valence-corrected chi connectivity index (χ1v) is 6.91. The Morgan fingerprint density at radius 3 is 2.07 bits per heavy atom. The van der Waals surface area contributed by atoms with Crippen molar-refractivity contribution >= 4 is 58.0 Å². The number of hydrogen-bond donors (Lipinski definition) is 1. The molecule has 0 spiro atoms. The minimum atomic E-state index is -1.29. The van der Waals surface area contributed by atoms with E-state index in [9.17, 15) is 5.11 Å². The second-order valence-corrected chi connectivity index (χ2v) is 7.35. The van der Waals surface area contributed by atoms with Crippen LogP contribution in [0.4, 0.5) is 0 Å². The molecular formula is C9H13Cl5O. The lowest BCUT2D eigenvalue weighted by Gasteiger charge is -2.21. The van der Waals surface area contributed by atoms with Crippen LogP contribution in [0.25, 0.3) is 0 Å². The van der Waals surface area contributed by atoms with Crippen LogP contribution in [-0.4, -0.2) is 26.3 Å². The molecule has 0 aromatic rings. The second-order valence-electron chi connectivity index (χ2n) is 4.26. The number of alkyl halides is 5. The summed E-state index contributed by atoms with van der Waals surface area (Å²) in [7, 11) is 0. The zero-order valence-corrected chi connectivity index (χ0v) is 11.8. The molecule has 0 bridgehead atoms. The zero-order valence-electron chi connectivity index (χ0n) is 8.03. The van der Waals surface area contributed by atoms with Crippen molar-refractivity contribution in [2.24, 2.45) is 11.8 Å². The molecule has 1 nitrogen and oxygen atoms in total.